The maximum Gasteiger partial charge on any atom is 0.325 e. The van der Waals surface area contributed by atoms with Gasteiger partial charge in [0, 0.05) is 12.1 Å². The smallest absolute Gasteiger partial charge is 0.325 e. The number of carbonyl (C=O) groups is 1. The van der Waals surface area contributed by atoms with Crippen LogP contribution in [0.1, 0.15) is 18.5 Å². The Morgan fingerprint density at radius 2 is 2.05 bits per heavy atom. The number of hydrogen-bond acceptors (Lipinski definition) is 5. The van der Waals surface area contributed by atoms with E-state index in [1.54, 1.807) is 23.1 Å². The summed E-state index contributed by atoms with van der Waals surface area (Å²) >= 11 is 0. The number of rotatable bonds is 8. The molecule has 0 bridgehead atoms. The molecule has 0 amide bonds. The zero-order valence-electron chi connectivity index (χ0n) is 12.0. The molecule has 6 heteroatoms. The number of methoxy groups -OCH3 is 2. The Labute approximate surface area is 118 Å². The highest BCUT2D eigenvalue weighted by Gasteiger charge is 2.30. The molecule has 0 saturated heterocycles. The first-order valence-electron chi connectivity index (χ1n) is 6.39. The fourth-order valence-corrected chi connectivity index (χ4v) is 2.21. The van der Waals surface area contributed by atoms with Gasteiger partial charge < -0.3 is 19.7 Å². The van der Waals surface area contributed by atoms with Gasteiger partial charge in [0.15, 0.2) is 11.5 Å². The second-order valence-corrected chi connectivity index (χ2v) is 4.18. The van der Waals surface area contributed by atoms with E-state index in [0.717, 1.165) is 0 Å². The minimum Gasteiger partial charge on any atom is -0.493 e. The van der Waals surface area contributed by atoms with E-state index in [4.69, 9.17) is 14.6 Å². The zero-order chi connectivity index (χ0) is 15.1. The molecule has 1 atom stereocenters. The van der Waals surface area contributed by atoms with Gasteiger partial charge in [-0.15, -0.1) is 0 Å². The summed E-state index contributed by atoms with van der Waals surface area (Å²) in [7, 11) is 2.98. The highest BCUT2D eigenvalue weighted by atomic mass is 16.5. The molecule has 0 aliphatic heterocycles. The summed E-state index contributed by atoms with van der Waals surface area (Å²) in [6.07, 6.45) is 0. The van der Waals surface area contributed by atoms with Crippen molar-refractivity contribution < 1.29 is 24.5 Å². The predicted octanol–water partition coefficient (Wildman–Crippen LogP) is 1.14. The van der Waals surface area contributed by atoms with Crippen LogP contribution in [0, 0.1) is 0 Å². The number of carboxylic acids is 1. The Morgan fingerprint density at radius 3 is 2.50 bits per heavy atom. The Bertz CT molecular complexity index is 449. The van der Waals surface area contributed by atoms with Gasteiger partial charge in [0.05, 0.1) is 20.8 Å². The normalized spacial score (nSPS) is 12.2. The maximum absolute atomic E-state index is 11.6. The number of hydrogen-bond donors (Lipinski definition) is 2. The molecule has 2 N–H and O–H groups in total. The van der Waals surface area contributed by atoms with E-state index in [1.807, 2.05) is 6.92 Å². The van der Waals surface area contributed by atoms with E-state index >= 15 is 0 Å². The van der Waals surface area contributed by atoms with Crippen LogP contribution in [0.4, 0.5) is 0 Å². The summed E-state index contributed by atoms with van der Waals surface area (Å²) in [4.78, 5) is 13.3. The van der Waals surface area contributed by atoms with Crippen molar-refractivity contribution in [3.8, 4) is 11.5 Å². The van der Waals surface area contributed by atoms with Crippen molar-refractivity contribution in [3.63, 3.8) is 0 Å². The van der Waals surface area contributed by atoms with Crippen molar-refractivity contribution in [3.05, 3.63) is 23.8 Å². The molecule has 0 heterocycles. The van der Waals surface area contributed by atoms with Crippen LogP contribution in [0.2, 0.25) is 0 Å². The molecular weight excluding hydrogens is 262 g/mol. The van der Waals surface area contributed by atoms with Crippen molar-refractivity contribution in [2.24, 2.45) is 0 Å². The number of para-hydroxylation sites is 1. The first-order valence-corrected chi connectivity index (χ1v) is 6.39. The number of nitrogens with zero attached hydrogens (tertiary/aromatic N) is 1. The monoisotopic (exact) mass is 283 g/mol. The van der Waals surface area contributed by atoms with Crippen molar-refractivity contribution in [2.45, 2.75) is 13.0 Å². The topological polar surface area (TPSA) is 79.2 Å². The predicted molar refractivity (Wildman–Crippen MR) is 74.3 cm³/mol. The number of carboxylic acid groups (broad SMARTS) is 1. The lowest BCUT2D eigenvalue weighted by Gasteiger charge is -2.28. The highest BCUT2D eigenvalue weighted by Crippen LogP contribution is 2.36. The molecule has 0 saturated carbocycles. The van der Waals surface area contributed by atoms with Crippen molar-refractivity contribution in [2.75, 3.05) is 33.9 Å². The van der Waals surface area contributed by atoms with Crippen molar-refractivity contribution in [1.29, 1.82) is 0 Å². The number of ether oxygens (including phenoxy) is 2. The summed E-state index contributed by atoms with van der Waals surface area (Å²) in [5, 5.41) is 18.6. The molecule has 1 aromatic carbocycles. The second-order valence-electron chi connectivity index (χ2n) is 4.18. The maximum atomic E-state index is 11.6. The Morgan fingerprint density at radius 1 is 1.35 bits per heavy atom. The molecule has 6 nitrogen and oxygen atoms in total. The summed E-state index contributed by atoms with van der Waals surface area (Å²) in [6.45, 7) is 2.51. The second kappa shape index (κ2) is 7.72. The molecule has 0 aromatic heterocycles. The minimum absolute atomic E-state index is 0.107. The van der Waals surface area contributed by atoms with Gasteiger partial charge in [-0.25, -0.2) is 0 Å². The molecule has 1 aromatic rings. The first-order chi connectivity index (χ1) is 9.60. The Hall–Kier alpha value is -1.79. The van der Waals surface area contributed by atoms with Crippen LogP contribution in [0.3, 0.4) is 0 Å². The van der Waals surface area contributed by atoms with E-state index in [2.05, 4.69) is 0 Å². The molecule has 0 radical (unpaired) electrons. The van der Waals surface area contributed by atoms with E-state index in [0.29, 0.717) is 23.6 Å². The number of likely N-dealkylation sites (N-methyl/N-ethyl adjacent to an activating group) is 1. The van der Waals surface area contributed by atoms with Gasteiger partial charge in [-0.3, -0.25) is 9.69 Å². The summed E-state index contributed by atoms with van der Waals surface area (Å²) in [5.74, 6) is -0.109. The molecule has 20 heavy (non-hydrogen) atoms. The third kappa shape index (κ3) is 3.40. The minimum atomic E-state index is -0.994. The lowest BCUT2D eigenvalue weighted by atomic mass is 10.0. The van der Waals surface area contributed by atoms with Crippen LogP contribution in [0.5, 0.6) is 11.5 Å². The van der Waals surface area contributed by atoms with Crippen molar-refractivity contribution in [1.82, 2.24) is 4.90 Å². The zero-order valence-corrected chi connectivity index (χ0v) is 12.0. The van der Waals surface area contributed by atoms with Crippen molar-refractivity contribution >= 4 is 5.97 Å². The summed E-state index contributed by atoms with van der Waals surface area (Å²) < 4.78 is 10.5. The molecule has 1 unspecified atom stereocenters. The van der Waals surface area contributed by atoms with E-state index in [1.165, 1.54) is 14.2 Å². The van der Waals surface area contributed by atoms with Gasteiger partial charge in [0.2, 0.25) is 0 Å². The van der Waals surface area contributed by atoms with Gasteiger partial charge in [-0.1, -0.05) is 19.1 Å². The Balaban J connectivity index is 3.31. The standard InChI is InChI=1S/C14H21NO5/c1-4-15(8-9-16)12(14(17)18)10-6-5-7-11(19-2)13(10)20-3/h5-7,12,16H,4,8-9H2,1-3H3,(H,17,18). The third-order valence-electron chi connectivity index (χ3n) is 3.12. The molecule has 112 valence electrons. The number of benzene rings is 1. The van der Waals surface area contributed by atoms with Crippen LogP contribution in [0.25, 0.3) is 0 Å². The lowest BCUT2D eigenvalue weighted by molar-refractivity contribution is -0.143. The molecule has 0 aliphatic rings. The van der Waals surface area contributed by atoms with Crippen LogP contribution < -0.4 is 9.47 Å². The van der Waals surface area contributed by atoms with Crippen LogP contribution in [0.15, 0.2) is 18.2 Å². The van der Waals surface area contributed by atoms with Crippen LogP contribution >= 0.6 is 0 Å². The van der Waals surface area contributed by atoms with Gasteiger partial charge in [-0.05, 0) is 12.6 Å². The molecular formula is C14H21NO5. The third-order valence-corrected chi connectivity index (χ3v) is 3.12. The fourth-order valence-electron chi connectivity index (χ4n) is 2.21. The molecule has 0 fully saturated rings. The summed E-state index contributed by atoms with van der Waals surface area (Å²) in [5.41, 5.74) is 0.509. The fraction of sp³-hybridized carbons (Fsp3) is 0.500. The lowest BCUT2D eigenvalue weighted by Crippen LogP contribution is -2.36. The van der Waals surface area contributed by atoms with Gasteiger partial charge in [0.25, 0.3) is 0 Å². The van der Waals surface area contributed by atoms with E-state index < -0.39 is 12.0 Å². The van der Waals surface area contributed by atoms with E-state index in [9.17, 15) is 9.90 Å². The number of aliphatic carboxylic acids is 1. The van der Waals surface area contributed by atoms with Gasteiger partial charge in [0.1, 0.15) is 6.04 Å². The first kappa shape index (κ1) is 16.3. The molecule has 1 rings (SSSR count). The van der Waals surface area contributed by atoms with Gasteiger partial charge >= 0.3 is 5.97 Å². The molecule has 0 aliphatic carbocycles. The average molecular weight is 283 g/mol. The average Bonchev–Trinajstić information content (AvgIpc) is 2.45. The van der Waals surface area contributed by atoms with E-state index in [-0.39, 0.29) is 13.2 Å². The van der Waals surface area contributed by atoms with Crippen LogP contribution in [-0.2, 0) is 4.79 Å². The van der Waals surface area contributed by atoms with Crippen LogP contribution in [-0.4, -0.2) is 55.0 Å². The quantitative estimate of drug-likeness (QED) is 0.745. The summed E-state index contributed by atoms with van der Waals surface area (Å²) in [6, 6.07) is 4.24. The highest BCUT2D eigenvalue weighted by molar-refractivity contribution is 5.77. The largest absolute Gasteiger partial charge is 0.493 e. The SMILES string of the molecule is CCN(CCO)C(C(=O)O)c1cccc(OC)c1OC. The number of aliphatic hydroxyl groups is 1. The molecule has 0 spiro atoms. The Kier molecular flexibility index (Phi) is 6.27. The number of aliphatic hydroxyl groups excluding tert-OH is 1. The van der Waals surface area contributed by atoms with Gasteiger partial charge in [-0.2, -0.15) is 0 Å².